The number of carbonyl (C=O) groups is 2. The Kier molecular flexibility index (Phi) is 2.75. The van der Waals surface area contributed by atoms with Gasteiger partial charge in [-0.1, -0.05) is 5.16 Å². The number of ketones is 1. The molecule has 2 aromatic rings. The van der Waals surface area contributed by atoms with Gasteiger partial charge in [-0.05, 0) is 13.0 Å². The number of rotatable bonds is 3. The third-order valence-corrected chi connectivity index (χ3v) is 3.03. The smallest absolute Gasteiger partial charge is 0.299 e. The number of amides is 1. The maximum absolute atomic E-state index is 12.0. The zero-order valence-electron chi connectivity index (χ0n) is 10.8. The van der Waals surface area contributed by atoms with Crippen molar-refractivity contribution in [2.45, 2.75) is 13.5 Å². The van der Waals surface area contributed by atoms with Crippen LogP contribution < -0.4 is 4.90 Å². The molecule has 0 spiro atoms. The predicted octanol–water partition coefficient (Wildman–Crippen LogP) is 1.02. The SMILES string of the molecule is Cc1noc(CN2C(=O)C(=O)c3cc([N+](=O)[O-])ccc32)n1. The standard InChI is InChI=1S/C12H8N4O5/c1-6-13-10(21-14-6)5-15-9-3-2-7(16(19)20)4-8(9)11(17)12(15)18/h2-4H,5H2,1H3. The fraction of sp³-hybridized carbons (Fsp3) is 0.167. The molecule has 9 heteroatoms. The van der Waals surface area contributed by atoms with Crippen molar-refractivity contribution in [1.29, 1.82) is 0 Å². The van der Waals surface area contributed by atoms with E-state index in [4.69, 9.17) is 4.52 Å². The number of nitro benzene ring substituents is 1. The number of anilines is 1. The maximum atomic E-state index is 12.0. The van der Waals surface area contributed by atoms with Crippen LogP contribution in [-0.2, 0) is 11.3 Å². The lowest BCUT2D eigenvalue weighted by atomic mass is 10.1. The minimum absolute atomic E-state index is 0.00503. The number of hydrogen-bond acceptors (Lipinski definition) is 7. The van der Waals surface area contributed by atoms with Crippen LogP contribution in [0.3, 0.4) is 0 Å². The van der Waals surface area contributed by atoms with Crippen LogP contribution in [0.15, 0.2) is 22.7 Å². The number of non-ortho nitro benzene ring substituents is 1. The quantitative estimate of drug-likeness (QED) is 0.469. The van der Waals surface area contributed by atoms with E-state index >= 15 is 0 Å². The van der Waals surface area contributed by atoms with Crippen molar-refractivity contribution in [2.75, 3.05) is 4.90 Å². The highest BCUT2D eigenvalue weighted by atomic mass is 16.6. The molecule has 9 nitrogen and oxygen atoms in total. The first kappa shape index (κ1) is 12.9. The molecular formula is C12H8N4O5. The highest BCUT2D eigenvalue weighted by Crippen LogP contribution is 2.32. The van der Waals surface area contributed by atoms with Gasteiger partial charge in [0, 0.05) is 12.1 Å². The lowest BCUT2D eigenvalue weighted by molar-refractivity contribution is -0.384. The summed E-state index contributed by atoms with van der Waals surface area (Å²) in [6.07, 6.45) is 0. The fourth-order valence-corrected chi connectivity index (χ4v) is 2.10. The Hall–Kier alpha value is -3.10. The molecule has 1 aliphatic rings. The Labute approximate surface area is 117 Å². The third-order valence-electron chi connectivity index (χ3n) is 3.03. The first-order valence-corrected chi connectivity index (χ1v) is 5.91. The van der Waals surface area contributed by atoms with Crippen LogP contribution in [-0.4, -0.2) is 26.8 Å². The number of nitro groups is 1. The zero-order valence-corrected chi connectivity index (χ0v) is 10.8. The summed E-state index contributed by atoms with van der Waals surface area (Å²) in [5.74, 6) is -0.974. The maximum Gasteiger partial charge on any atom is 0.299 e. The summed E-state index contributed by atoms with van der Waals surface area (Å²) in [7, 11) is 0. The van der Waals surface area contributed by atoms with Gasteiger partial charge < -0.3 is 4.52 Å². The van der Waals surface area contributed by atoms with Crippen LogP contribution in [0.25, 0.3) is 0 Å². The molecule has 0 unspecified atom stereocenters. The fourth-order valence-electron chi connectivity index (χ4n) is 2.10. The second kappa shape index (κ2) is 4.47. The van der Waals surface area contributed by atoms with Gasteiger partial charge in [-0.3, -0.25) is 24.6 Å². The Morgan fingerprint density at radius 3 is 2.76 bits per heavy atom. The number of fused-ring (bicyclic) bond motifs is 1. The number of hydrogen-bond donors (Lipinski definition) is 0. The molecule has 0 bridgehead atoms. The first-order valence-electron chi connectivity index (χ1n) is 5.91. The van der Waals surface area contributed by atoms with Crippen LogP contribution in [0.1, 0.15) is 22.1 Å². The molecule has 0 saturated heterocycles. The van der Waals surface area contributed by atoms with Crippen LogP contribution >= 0.6 is 0 Å². The summed E-state index contributed by atoms with van der Waals surface area (Å²) in [5, 5.41) is 14.3. The first-order chi connectivity index (χ1) is 9.97. The van der Waals surface area contributed by atoms with Crippen molar-refractivity contribution in [3.8, 4) is 0 Å². The molecular weight excluding hydrogens is 280 g/mol. The van der Waals surface area contributed by atoms with Gasteiger partial charge in [0.2, 0.25) is 5.89 Å². The number of carbonyl (C=O) groups excluding carboxylic acids is 2. The summed E-state index contributed by atoms with van der Waals surface area (Å²) in [5.41, 5.74) is 0.0577. The molecule has 2 heterocycles. The van der Waals surface area contributed by atoms with Crippen molar-refractivity contribution < 1.29 is 19.0 Å². The van der Waals surface area contributed by atoms with Crippen molar-refractivity contribution in [2.24, 2.45) is 0 Å². The van der Waals surface area contributed by atoms with Crippen LogP contribution in [0.5, 0.6) is 0 Å². The molecule has 0 N–H and O–H groups in total. The summed E-state index contributed by atoms with van der Waals surface area (Å²) < 4.78 is 4.91. The lowest BCUT2D eigenvalue weighted by Gasteiger charge is -2.13. The van der Waals surface area contributed by atoms with Gasteiger partial charge in [-0.2, -0.15) is 4.98 Å². The highest BCUT2D eigenvalue weighted by Gasteiger charge is 2.37. The van der Waals surface area contributed by atoms with E-state index in [2.05, 4.69) is 10.1 Å². The van der Waals surface area contributed by atoms with E-state index in [1.54, 1.807) is 6.92 Å². The highest BCUT2D eigenvalue weighted by molar-refractivity contribution is 6.52. The van der Waals surface area contributed by atoms with E-state index in [0.29, 0.717) is 11.5 Å². The average Bonchev–Trinajstić information content (AvgIpc) is 2.96. The van der Waals surface area contributed by atoms with Gasteiger partial charge in [0.05, 0.1) is 16.2 Å². The predicted molar refractivity (Wildman–Crippen MR) is 67.7 cm³/mol. The number of aromatic nitrogens is 2. The molecule has 1 aliphatic heterocycles. The summed E-state index contributed by atoms with van der Waals surface area (Å²) >= 11 is 0. The minimum atomic E-state index is -0.787. The van der Waals surface area contributed by atoms with E-state index in [1.807, 2.05) is 0 Å². The molecule has 1 aromatic heterocycles. The Bertz CT molecular complexity index is 782. The molecule has 0 atom stereocenters. The molecule has 1 aromatic carbocycles. The molecule has 0 aliphatic carbocycles. The monoisotopic (exact) mass is 288 g/mol. The van der Waals surface area contributed by atoms with Crippen LogP contribution in [0.4, 0.5) is 11.4 Å². The van der Waals surface area contributed by atoms with E-state index in [0.717, 1.165) is 11.0 Å². The Morgan fingerprint density at radius 1 is 1.38 bits per heavy atom. The van der Waals surface area contributed by atoms with E-state index in [9.17, 15) is 19.7 Å². The second-order valence-corrected chi connectivity index (χ2v) is 4.41. The van der Waals surface area contributed by atoms with Crippen molar-refractivity contribution in [3.63, 3.8) is 0 Å². The van der Waals surface area contributed by atoms with Crippen LogP contribution in [0, 0.1) is 17.0 Å². The normalized spacial score (nSPS) is 13.7. The molecule has 21 heavy (non-hydrogen) atoms. The van der Waals surface area contributed by atoms with E-state index in [1.165, 1.54) is 12.1 Å². The summed E-state index contributed by atoms with van der Waals surface area (Å²) in [4.78, 5) is 39.1. The minimum Gasteiger partial charge on any atom is -0.337 e. The molecule has 1 amide bonds. The Morgan fingerprint density at radius 2 is 2.14 bits per heavy atom. The lowest BCUT2D eigenvalue weighted by Crippen LogP contribution is -2.29. The summed E-state index contributed by atoms with van der Waals surface area (Å²) in [6.45, 7) is 1.57. The van der Waals surface area contributed by atoms with Crippen molar-refractivity contribution in [3.05, 3.63) is 45.6 Å². The number of aryl methyl sites for hydroxylation is 1. The molecule has 106 valence electrons. The molecule has 3 rings (SSSR count). The number of Topliss-reactive ketones (excluding diaryl/α,β-unsaturated/α-hetero) is 1. The number of benzene rings is 1. The molecule has 0 radical (unpaired) electrons. The average molecular weight is 288 g/mol. The zero-order chi connectivity index (χ0) is 15.1. The van der Waals surface area contributed by atoms with Crippen LogP contribution in [0.2, 0.25) is 0 Å². The summed E-state index contributed by atoms with van der Waals surface area (Å²) in [6, 6.07) is 3.69. The second-order valence-electron chi connectivity index (χ2n) is 4.41. The van der Waals surface area contributed by atoms with E-state index in [-0.39, 0.29) is 23.7 Å². The van der Waals surface area contributed by atoms with Crippen molar-refractivity contribution >= 4 is 23.1 Å². The van der Waals surface area contributed by atoms with Gasteiger partial charge in [-0.25, -0.2) is 0 Å². The van der Waals surface area contributed by atoms with Gasteiger partial charge in [-0.15, -0.1) is 0 Å². The molecule has 0 saturated carbocycles. The number of nitrogens with zero attached hydrogens (tertiary/aromatic N) is 4. The topological polar surface area (TPSA) is 119 Å². The van der Waals surface area contributed by atoms with Gasteiger partial charge >= 0.3 is 0 Å². The molecule has 0 fully saturated rings. The van der Waals surface area contributed by atoms with Crippen molar-refractivity contribution in [1.82, 2.24) is 10.1 Å². The Balaban J connectivity index is 2.00. The van der Waals surface area contributed by atoms with Gasteiger partial charge in [0.1, 0.15) is 6.54 Å². The largest absolute Gasteiger partial charge is 0.337 e. The van der Waals surface area contributed by atoms with Gasteiger partial charge in [0.15, 0.2) is 5.82 Å². The van der Waals surface area contributed by atoms with E-state index < -0.39 is 16.6 Å². The third kappa shape index (κ3) is 2.04. The van der Waals surface area contributed by atoms with Gasteiger partial charge in [0.25, 0.3) is 17.4 Å².